The van der Waals surface area contributed by atoms with E-state index in [1.165, 1.54) is 0 Å². The van der Waals surface area contributed by atoms with E-state index in [-0.39, 0.29) is 24.9 Å². The Morgan fingerprint density at radius 1 is 0.733 bits per heavy atom. The molecule has 1 unspecified atom stereocenters. The number of nitrogens with one attached hydrogen (secondary N) is 3. The van der Waals surface area contributed by atoms with Crippen LogP contribution in [0.2, 0.25) is 0 Å². The Morgan fingerprint density at radius 2 is 1.33 bits per heavy atom. The lowest BCUT2D eigenvalue weighted by molar-refractivity contribution is -0.862. The van der Waals surface area contributed by atoms with Crippen LogP contribution in [-0.2, 0) is 9.59 Å². The monoisotopic (exact) mass is 402 g/mol. The summed E-state index contributed by atoms with van der Waals surface area (Å²) in [6.45, 7) is 4.42. The summed E-state index contributed by atoms with van der Waals surface area (Å²) in [4.78, 5) is 25.5. The molecule has 1 atom stereocenters. The van der Waals surface area contributed by atoms with Gasteiger partial charge in [-0.2, -0.15) is 0 Å². The Morgan fingerprint density at radius 3 is 2.00 bits per heavy atom. The number of carbonyl (C=O) groups excluding carboxylic acids is 2. The second-order valence-electron chi connectivity index (χ2n) is 7.60. The molecular formula is C25H28N3O2+. The van der Waals surface area contributed by atoms with Crippen LogP contribution < -0.4 is 15.5 Å². The summed E-state index contributed by atoms with van der Waals surface area (Å²) in [5.41, 5.74) is 5.98. The van der Waals surface area contributed by atoms with Gasteiger partial charge in [0.05, 0.1) is 7.05 Å². The number of quaternary nitrogens is 1. The Hall–Kier alpha value is -3.44. The van der Waals surface area contributed by atoms with Crippen LogP contribution in [-0.4, -0.2) is 32.0 Å². The maximum atomic E-state index is 12.4. The molecule has 0 aromatic heterocycles. The number of hydrogen-bond donors (Lipinski definition) is 3. The molecule has 5 nitrogen and oxygen atoms in total. The van der Waals surface area contributed by atoms with Crippen molar-refractivity contribution in [2.24, 2.45) is 0 Å². The van der Waals surface area contributed by atoms with E-state index in [0.717, 1.165) is 38.5 Å². The van der Waals surface area contributed by atoms with Gasteiger partial charge >= 0.3 is 0 Å². The van der Waals surface area contributed by atoms with Gasteiger partial charge in [0.2, 0.25) is 0 Å². The molecule has 3 aromatic carbocycles. The molecule has 0 aliphatic rings. The number of likely N-dealkylation sites (N-methyl/N-ethyl adjacent to an activating group) is 1. The molecule has 30 heavy (non-hydrogen) atoms. The highest BCUT2D eigenvalue weighted by Gasteiger charge is 2.15. The van der Waals surface area contributed by atoms with Crippen molar-refractivity contribution in [1.29, 1.82) is 0 Å². The molecule has 0 aliphatic heterocycles. The van der Waals surface area contributed by atoms with Gasteiger partial charge in [0, 0.05) is 11.4 Å². The third-order valence-electron chi connectivity index (χ3n) is 5.08. The highest BCUT2D eigenvalue weighted by Crippen LogP contribution is 2.21. The fourth-order valence-electron chi connectivity index (χ4n) is 3.27. The topological polar surface area (TPSA) is 62.6 Å². The van der Waals surface area contributed by atoms with Crippen molar-refractivity contribution in [3.8, 4) is 11.1 Å². The number of benzene rings is 3. The number of carbonyl (C=O) groups is 2. The Balaban J connectivity index is 1.49. The molecule has 0 bridgehead atoms. The summed E-state index contributed by atoms with van der Waals surface area (Å²) in [5.74, 6) is -0.235. The van der Waals surface area contributed by atoms with Gasteiger partial charge < -0.3 is 15.5 Å². The zero-order valence-electron chi connectivity index (χ0n) is 17.7. The first-order valence-electron chi connectivity index (χ1n) is 10.0. The third kappa shape index (κ3) is 5.78. The van der Waals surface area contributed by atoms with Crippen LogP contribution in [0.5, 0.6) is 0 Å². The summed E-state index contributed by atoms with van der Waals surface area (Å²) < 4.78 is 0. The molecule has 0 aliphatic carbocycles. The van der Waals surface area contributed by atoms with Crippen molar-refractivity contribution in [2.75, 3.05) is 30.8 Å². The maximum Gasteiger partial charge on any atom is 0.279 e. The third-order valence-corrected chi connectivity index (χ3v) is 5.08. The lowest BCUT2D eigenvalue weighted by Crippen LogP contribution is -3.11. The summed E-state index contributed by atoms with van der Waals surface area (Å²) in [6, 6.07) is 23.7. The van der Waals surface area contributed by atoms with Gasteiger partial charge in [-0.1, -0.05) is 54.6 Å². The zero-order chi connectivity index (χ0) is 21.5. The zero-order valence-corrected chi connectivity index (χ0v) is 17.7. The Kier molecular flexibility index (Phi) is 6.99. The minimum absolute atomic E-state index is 0.110. The van der Waals surface area contributed by atoms with Crippen LogP contribution in [0.25, 0.3) is 11.1 Å². The number of hydrogen-bond acceptors (Lipinski definition) is 2. The van der Waals surface area contributed by atoms with Crippen molar-refractivity contribution in [3.05, 3.63) is 83.9 Å². The van der Waals surface area contributed by atoms with E-state index >= 15 is 0 Å². The van der Waals surface area contributed by atoms with Gasteiger partial charge in [-0.05, 0) is 54.3 Å². The van der Waals surface area contributed by atoms with Crippen molar-refractivity contribution in [2.45, 2.75) is 13.8 Å². The normalized spacial score (nSPS) is 11.6. The molecule has 154 valence electrons. The van der Waals surface area contributed by atoms with E-state index in [9.17, 15) is 9.59 Å². The quantitative estimate of drug-likeness (QED) is 0.569. The van der Waals surface area contributed by atoms with E-state index in [4.69, 9.17) is 0 Å². The SMILES string of the molecule is Cc1cccc(NC(=O)C[NH+](C)CC(=O)Nc2ccc(-c3ccccc3)cc2)c1C. The second-order valence-corrected chi connectivity index (χ2v) is 7.60. The van der Waals surface area contributed by atoms with Gasteiger partial charge in [-0.3, -0.25) is 9.59 Å². The van der Waals surface area contributed by atoms with Crippen molar-refractivity contribution >= 4 is 23.2 Å². The number of anilines is 2. The molecule has 2 amide bonds. The van der Waals surface area contributed by atoms with Crippen LogP contribution in [0.4, 0.5) is 11.4 Å². The number of aryl methyl sites for hydroxylation is 1. The van der Waals surface area contributed by atoms with E-state index in [2.05, 4.69) is 22.8 Å². The van der Waals surface area contributed by atoms with Crippen LogP contribution in [0.3, 0.4) is 0 Å². The summed E-state index contributed by atoms with van der Waals surface area (Å²) >= 11 is 0. The molecule has 3 N–H and O–H groups in total. The first-order chi connectivity index (χ1) is 14.4. The van der Waals surface area contributed by atoms with Gasteiger partial charge in [0.15, 0.2) is 13.1 Å². The molecular weight excluding hydrogens is 374 g/mol. The van der Waals surface area contributed by atoms with Gasteiger partial charge in [-0.25, -0.2) is 0 Å². The van der Waals surface area contributed by atoms with Crippen LogP contribution in [0.1, 0.15) is 11.1 Å². The first kappa shape index (κ1) is 21.3. The van der Waals surface area contributed by atoms with Crippen molar-refractivity contribution < 1.29 is 14.5 Å². The Labute approximate surface area is 177 Å². The average Bonchev–Trinajstić information content (AvgIpc) is 2.72. The van der Waals surface area contributed by atoms with E-state index in [1.54, 1.807) is 0 Å². The van der Waals surface area contributed by atoms with Crippen LogP contribution in [0, 0.1) is 13.8 Å². The predicted octanol–water partition coefficient (Wildman–Crippen LogP) is 3.06. The fraction of sp³-hybridized carbons (Fsp3) is 0.200. The molecule has 5 heteroatoms. The van der Waals surface area contributed by atoms with Crippen molar-refractivity contribution in [3.63, 3.8) is 0 Å². The lowest BCUT2D eigenvalue weighted by atomic mass is 10.1. The Bertz CT molecular complexity index is 1010. The molecule has 0 heterocycles. The smallest absolute Gasteiger partial charge is 0.279 e. The van der Waals surface area contributed by atoms with E-state index in [0.29, 0.717) is 0 Å². The largest absolute Gasteiger partial charge is 0.322 e. The maximum absolute atomic E-state index is 12.4. The van der Waals surface area contributed by atoms with E-state index < -0.39 is 0 Å². The summed E-state index contributed by atoms with van der Waals surface area (Å²) in [6.07, 6.45) is 0. The lowest BCUT2D eigenvalue weighted by Gasteiger charge is -2.15. The van der Waals surface area contributed by atoms with Crippen LogP contribution in [0.15, 0.2) is 72.8 Å². The molecule has 3 aromatic rings. The number of rotatable bonds is 7. The molecule has 0 saturated heterocycles. The number of amides is 2. The first-order valence-corrected chi connectivity index (χ1v) is 10.0. The second kappa shape index (κ2) is 9.85. The predicted molar refractivity (Wildman–Crippen MR) is 122 cm³/mol. The van der Waals surface area contributed by atoms with E-state index in [1.807, 2.05) is 81.6 Å². The average molecular weight is 403 g/mol. The molecule has 0 spiro atoms. The standard InChI is InChI=1S/C25H27N3O2/c1-18-8-7-11-23(19(18)2)27-25(30)17-28(3)16-24(29)26-22-14-12-21(13-15-22)20-9-5-4-6-10-20/h4-15H,16-17H2,1-3H3,(H,26,29)(H,27,30)/p+1. The minimum Gasteiger partial charge on any atom is -0.322 e. The highest BCUT2D eigenvalue weighted by molar-refractivity contribution is 5.93. The highest BCUT2D eigenvalue weighted by atomic mass is 16.2. The van der Waals surface area contributed by atoms with Gasteiger partial charge in [0.25, 0.3) is 11.8 Å². The fourth-order valence-corrected chi connectivity index (χ4v) is 3.27. The molecule has 0 saturated carbocycles. The summed E-state index contributed by atoms with van der Waals surface area (Å²) in [7, 11) is 1.83. The van der Waals surface area contributed by atoms with Crippen molar-refractivity contribution in [1.82, 2.24) is 0 Å². The molecule has 0 radical (unpaired) electrons. The minimum atomic E-state index is -0.125. The van der Waals surface area contributed by atoms with Crippen LogP contribution >= 0.6 is 0 Å². The molecule has 3 rings (SSSR count). The van der Waals surface area contributed by atoms with Gasteiger partial charge in [0.1, 0.15) is 0 Å². The van der Waals surface area contributed by atoms with Gasteiger partial charge in [-0.15, -0.1) is 0 Å². The summed E-state index contributed by atoms with van der Waals surface area (Å²) in [5, 5.41) is 5.83. The molecule has 0 fully saturated rings.